The van der Waals surface area contributed by atoms with Crippen LogP contribution in [0.3, 0.4) is 0 Å². The molecule has 4 rings (SSSR count). The topological polar surface area (TPSA) is 60.3 Å². The molecule has 2 heterocycles. The number of hydrogen-bond acceptors (Lipinski definition) is 3. The van der Waals surface area contributed by atoms with Gasteiger partial charge in [0.05, 0.1) is 12.2 Å². The molecular formula is C24H24N2O3. The number of rotatable bonds is 6. The van der Waals surface area contributed by atoms with Gasteiger partial charge < -0.3 is 14.6 Å². The van der Waals surface area contributed by atoms with Crippen LogP contribution in [0.4, 0.5) is 0 Å². The van der Waals surface area contributed by atoms with Crippen molar-refractivity contribution in [3.63, 3.8) is 0 Å². The first-order valence-electron chi connectivity index (χ1n) is 10.00. The minimum absolute atomic E-state index is 0.0467. The van der Waals surface area contributed by atoms with Gasteiger partial charge in [0.25, 0.3) is 11.5 Å². The number of fused-ring (bicyclic) bond motifs is 1. The summed E-state index contributed by atoms with van der Waals surface area (Å²) in [5.74, 6) is 0.605. The van der Waals surface area contributed by atoms with Gasteiger partial charge in [-0.1, -0.05) is 48.5 Å². The van der Waals surface area contributed by atoms with Crippen molar-refractivity contribution in [1.29, 1.82) is 0 Å². The summed E-state index contributed by atoms with van der Waals surface area (Å²) < 4.78 is 7.39. The van der Waals surface area contributed by atoms with Crippen molar-refractivity contribution in [1.82, 2.24) is 9.88 Å². The molecule has 0 fully saturated rings. The van der Waals surface area contributed by atoms with Crippen molar-refractivity contribution >= 4 is 5.91 Å². The van der Waals surface area contributed by atoms with Crippen molar-refractivity contribution in [2.75, 3.05) is 6.61 Å². The van der Waals surface area contributed by atoms with Crippen LogP contribution in [-0.4, -0.2) is 17.1 Å². The van der Waals surface area contributed by atoms with Crippen LogP contribution in [-0.2, 0) is 19.5 Å². The summed E-state index contributed by atoms with van der Waals surface area (Å²) in [6.45, 7) is 3.53. The van der Waals surface area contributed by atoms with Crippen molar-refractivity contribution < 1.29 is 9.53 Å². The van der Waals surface area contributed by atoms with E-state index >= 15 is 0 Å². The summed E-state index contributed by atoms with van der Waals surface area (Å²) in [5, 5.41) is 3.04. The summed E-state index contributed by atoms with van der Waals surface area (Å²) in [6.07, 6.45) is 1.61. The largest absolute Gasteiger partial charge is 0.494 e. The van der Waals surface area contributed by atoms with E-state index in [1.165, 1.54) is 0 Å². The third-order valence-corrected chi connectivity index (χ3v) is 5.24. The molecule has 0 atom stereocenters. The molecule has 3 aromatic rings. The Labute approximate surface area is 170 Å². The van der Waals surface area contributed by atoms with E-state index in [-0.39, 0.29) is 11.5 Å². The molecule has 1 aliphatic rings. The van der Waals surface area contributed by atoms with Gasteiger partial charge >= 0.3 is 0 Å². The zero-order valence-electron chi connectivity index (χ0n) is 16.5. The fraction of sp³-hybridized carbons (Fsp3) is 0.250. The molecule has 0 unspecified atom stereocenters. The molecule has 1 amide bonds. The minimum Gasteiger partial charge on any atom is -0.494 e. The van der Waals surface area contributed by atoms with Gasteiger partial charge in [-0.25, -0.2) is 0 Å². The Morgan fingerprint density at radius 1 is 1.10 bits per heavy atom. The number of hydrogen-bond donors (Lipinski definition) is 1. The van der Waals surface area contributed by atoms with Crippen LogP contribution in [0.25, 0.3) is 11.1 Å². The van der Waals surface area contributed by atoms with E-state index in [0.29, 0.717) is 30.8 Å². The zero-order valence-corrected chi connectivity index (χ0v) is 16.5. The van der Waals surface area contributed by atoms with Crippen LogP contribution in [0.1, 0.15) is 35.0 Å². The molecule has 1 aromatic heterocycles. The number of nitrogens with zero attached hydrogens (tertiary/aromatic N) is 1. The monoisotopic (exact) mass is 388 g/mol. The predicted molar refractivity (Wildman–Crippen MR) is 113 cm³/mol. The number of aromatic nitrogens is 1. The summed E-state index contributed by atoms with van der Waals surface area (Å²) >= 11 is 0. The van der Waals surface area contributed by atoms with Crippen molar-refractivity contribution in [3.8, 4) is 16.9 Å². The Hall–Kier alpha value is -3.34. The maximum Gasteiger partial charge on any atom is 0.253 e. The lowest BCUT2D eigenvalue weighted by Gasteiger charge is -2.16. The lowest BCUT2D eigenvalue weighted by Crippen LogP contribution is -2.29. The van der Waals surface area contributed by atoms with E-state index < -0.39 is 0 Å². The van der Waals surface area contributed by atoms with Gasteiger partial charge in [0, 0.05) is 36.0 Å². The second-order valence-corrected chi connectivity index (χ2v) is 7.06. The molecule has 2 aromatic carbocycles. The minimum atomic E-state index is -0.166. The molecule has 1 aliphatic heterocycles. The molecule has 29 heavy (non-hydrogen) atoms. The van der Waals surface area contributed by atoms with Gasteiger partial charge in [-0.15, -0.1) is 0 Å². The van der Waals surface area contributed by atoms with E-state index in [2.05, 4.69) is 5.32 Å². The van der Waals surface area contributed by atoms with E-state index in [0.717, 1.165) is 35.4 Å². The molecular weight excluding hydrogens is 364 g/mol. The van der Waals surface area contributed by atoms with Gasteiger partial charge in [-0.2, -0.15) is 0 Å². The lowest BCUT2D eigenvalue weighted by molar-refractivity contribution is 0.0949. The second kappa shape index (κ2) is 8.35. The summed E-state index contributed by atoms with van der Waals surface area (Å²) in [5.41, 5.74) is 3.87. The molecule has 148 valence electrons. The molecule has 1 N–H and O–H groups in total. The standard InChI is InChI=1S/C24H24N2O3/c1-2-29-21-13-7-6-11-18(21)16-25-24(28)23-19(17-9-4-3-5-10-17)15-22(27)26-14-8-12-20(23)26/h3-7,9-11,13,15H,2,8,12,14,16H2,1H3,(H,25,28). The Morgan fingerprint density at radius 2 is 1.86 bits per heavy atom. The molecule has 5 nitrogen and oxygen atoms in total. The van der Waals surface area contributed by atoms with Gasteiger partial charge in [-0.05, 0) is 31.4 Å². The summed E-state index contributed by atoms with van der Waals surface area (Å²) in [6, 6.07) is 18.9. The lowest BCUT2D eigenvalue weighted by atomic mass is 9.97. The molecule has 0 saturated heterocycles. The Morgan fingerprint density at radius 3 is 2.66 bits per heavy atom. The highest BCUT2D eigenvalue weighted by molar-refractivity contribution is 6.02. The van der Waals surface area contributed by atoms with Crippen LogP contribution in [0.15, 0.2) is 65.5 Å². The summed E-state index contributed by atoms with van der Waals surface area (Å²) in [7, 11) is 0. The Balaban J connectivity index is 1.70. The van der Waals surface area contributed by atoms with Crippen molar-refractivity contribution in [3.05, 3.63) is 87.8 Å². The van der Waals surface area contributed by atoms with Crippen LogP contribution in [0, 0.1) is 0 Å². The molecule has 0 aliphatic carbocycles. The van der Waals surface area contributed by atoms with Gasteiger partial charge in [0.2, 0.25) is 0 Å². The van der Waals surface area contributed by atoms with Gasteiger partial charge in [0.1, 0.15) is 5.75 Å². The fourth-order valence-electron chi connectivity index (χ4n) is 3.92. The highest BCUT2D eigenvalue weighted by Gasteiger charge is 2.25. The zero-order chi connectivity index (χ0) is 20.2. The first-order valence-corrected chi connectivity index (χ1v) is 10.00. The van der Waals surface area contributed by atoms with Gasteiger partial charge in [-0.3, -0.25) is 9.59 Å². The maximum atomic E-state index is 13.3. The van der Waals surface area contributed by atoms with Crippen molar-refractivity contribution in [2.45, 2.75) is 32.9 Å². The van der Waals surface area contributed by atoms with Crippen LogP contribution >= 0.6 is 0 Å². The number of benzene rings is 2. The number of amides is 1. The fourth-order valence-corrected chi connectivity index (χ4v) is 3.92. The van der Waals surface area contributed by atoms with E-state index in [1.807, 2.05) is 61.5 Å². The number of carbonyl (C=O) groups excluding carboxylic acids is 1. The van der Waals surface area contributed by atoms with Gasteiger partial charge in [0.15, 0.2) is 0 Å². The van der Waals surface area contributed by atoms with Crippen molar-refractivity contribution in [2.24, 2.45) is 0 Å². The second-order valence-electron chi connectivity index (χ2n) is 7.06. The number of ether oxygens (including phenoxy) is 1. The number of carbonyl (C=O) groups is 1. The van der Waals surface area contributed by atoms with Crippen LogP contribution < -0.4 is 15.6 Å². The molecule has 0 bridgehead atoms. The third kappa shape index (κ3) is 3.81. The smallest absolute Gasteiger partial charge is 0.253 e. The Bertz CT molecular complexity index is 1090. The summed E-state index contributed by atoms with van der Waals surface area (Å²) in [4.78, 5) is 25.9. The number of para-hydroxylation sites is 1. The first-order chi connectivity index (χ1) is 14.2. The normalized spacial score (nSPS) is 12.4. The highest BCUT2D eigenvalue weighted by atomic mass is 16.5. The predicted octanol–water partition coefficient (Wildman–Crippen LogP) is 3.79. The number of pyridine rings is 1. The molecule has 0 radical (unpaired) electrons. The quantitative estimate of drug-likeness (QED) is 0.699. The average Bonchev–Trinajstić information content (AvgIpc) is 3.24. The highest BCUT2D eigenvalue weighted by Crippen LogP contribution is 2.28. The van der Waals surface area contributed by atoms with Crippen LogP contribution in [0.2, 0.25) is 0 Å². The number of nitrogens with one attached hydrogen (secondary N) is 1. The van der Waals surface area contributed by atoms with E-state index in [9.17, 15) is 9.59 Å². The Kier molecular flexibility index (Phi) is 5.47. The average molecular weight is 388 g/mol. The third-order valence-electron chi connectivity index (χ3n) is 5.24. The first kappa shape index (κ1) is 19.0. The molecule has 0 saturated carbocycles. The maximum absolute atomic E-state index is 13.3. The molecule has 5 heteroatoms. The SMILES string of the molecule is CCOc1ccccc1CNC(=O)c1c(-c2ccccc2)cc(=O)n2c1CCC2. The molecule has 0 spiro atoms. The van der Waals surface area contributed by atoms with E-state index in [4.69, 9.17) is 4.74 Å². The van der Waals surface area contributed by atoms with E-state index in [1.54, 1.807) is 10.6 Å². The van der Waals surface area contributed by atoms with Crippen LogP contribution in [0.5, 0.6) is 5.75 Å².